The van der Waals surface area contributed by atoms with Gasteiger partial charge in [0.1, 0.15) is 0 Å². The molecule has 0 bridgehead atoms. The molecule has 0 N–H and O–H groups in total. The third kappa shape index (κ3) is 5.05. The number of hydrogen-bond acceptors (Lipinski definition) is 3. The summed E-state index contributed by atoms with van der Waals surface area (Å²) < 4.78 is 5.08. The van der Waals surface area contributed by atoms with Gasteiger partial charge in [-0.25, -0.2) is 4.79 Å². The predicted molar refractivity (Wildman–Crippen MR) is 93.5 cm³/mol. The standard InChI is InChI=1S/C20H27NO2/c1-5-23-19(22)17-13-16-7-6-11-20(3,4)12-10-15(2)8-9-18(16)21-14-17/h6,10-11,13-14H,5,7-9,12H2,1-4H3/b11-6+,15-10+. The number of nitrogens with zero attached hydrogens (tertiary/aromatic N) is 1. The molecule has 0 aromatic carbocycles. The second kappa shape index (κ2) is 7.58. The van der Waals surface area contributed by atoms with E-state index in [2.05, 4.69) is 44.0 Å². The second-order valence-electron chi connectivity index (χ2n) is 6.90. The van der Waals surface area contributed by atoms with Crippen molar-refractivity contribution >= 4 is 5.97 Å². The molecule has 0 saturated heterocycles. The van der Waals surface area contributed by atoms with Gasteiger partial charge in [0.2, 0.25) is 0 Å². The van der Waals surface area contributed by atoms with Gasteiger partial charge in [-0.05, 0) is 56.6 Å². The van der Waals surface area contributed by atoms with Crippen molar-refractivity contribution in [2.45, 2.75) is 53.4 Å². The highest BCUT2D eigenvalue weighted by Crippen LogP contribution is 2.26. The lowest BCUT2D eigenvalue weighted by atomic mass is 9.87. The van der Waals surface area contributed by atoms with Crippen molar-refractivity contribution in [3.05, 3.63) is 52.9 Å². The highest BCUT2D eigenvalue weighted by molar-refractivity contribution is 5.89. The zero-order valence-corrected chi connectivity index (χ0v) is 14.7. The number of ether oxygens (including phenoxy) is 1. The number of allylic oxidation sites excluding steroid dienone is 4. The number of rotatable bonds is 2. The normalized spacial score (nSPS) is 21.3. The summed E-state index contributed by atoms with van der Waals surface area (Å²) in [6, 6.07) is 1.94. The molecule has 0 spiro atoms. The first-order valence-corrected chi connectivity index (χ1v) is 8.39. The first-order valence-electron chi connectivity index (χ1n) is 8.39. The van der Waals surface area contributed by atoms with E-state index in [1.807, 2.05) is 13.0 Å². The third-order valence-corrected chi connectivity index (χ3v) is 4.21. The van der Waals surface area contributed by atoms with Crippen LogP contribution in [0.4, 0.5) is 0 Å². The number of esters is 1. The van der Waals surface area contributed by atoms with Gasteiger partial charge in [0.25, 0.3) is 0 Å². The maximum Gasteiger partial charge on any atom is 0.339 e. The quantitative estimate of drug-likeness (QED) is 0.588. The zero-order chi connectivity index (χ0) is 16.9. The average Bonchev–Trinajstić information content (AvgIpc) is 2.53. The SMILES string of the molecule is CCOC(=O)c1cnc2c(c1)C/C=C/C(C)(C)C/C=C(\C)CC2. The number of pyridine rings is 1. The number of aromatic nitrogens is 1. The van der Waals surface area contributed by atoms with E-state index >= 15 is 0 Å². The van der Waals surface area contributed by atoms with E-state index in [0.29, 0.717) is 12.2 Å². The Labute approximate surface area is 139 Å². The second-order valence-corrected chi connectivity index (χ2v) is 6.90. The van der Waals surface area contributed by atoms with Crippen LogP contribution >= 0.6 is 0 Å². The van der Waals surface area contributed by atoms with Gasteiger partial charge in [-0.2, -0.15) is 0 Å². The van der Waals surface area contributed by atoms with Gasteiger partial charge in [0, 0.05) is 11.9 Å². The van der Waals surface area contributed by atoms with Crippen LogP contribution in [0.1, 0.15) is 62.2 Å². The van der Waals surface area contributed by atoms with Crippen LogP contribution in [0.5, 0.6) is 0 Å². The number of carbonyl (C=O) groups excluding carboxylic acids is 1. The molecule has 1 aromatic heterocycles. The Morgan fingerprint density at radius 2 is 2.13 bits per heavy atom. The van der Waals surface area contributed by atoms with Crippen LogP contribution in [0.2, 0.25) is 0 Å². The van der Waals surface area contributed by atoms with E-state index in [1.54, 1.807) is 6.20 Å². The van der Waals surface area contributed by atoms with Crippen LogP contribution in [-0.4, -0.2) is 17.6 Å². The van der Waals surface area contributed by atoms with Crippen LogP contribution in [-0.2, 0) is 17.6 Å². The van der Waals surface area contributed by atoms with E-state index in [9.17, 15) is 4.79 Å². The predicted octanol–water partition coefficient (Wildman–Crippen LogP) is 4.67. The molecule has 1 aromatic rings. The molecule has 1 aliphatic carbocycles. The Balaban J connectivity index is 2.33. The minimum atomic E-state index is -0.294. The molecule has 1 aliphatic rings. The number of fused-ring (bicyclic) bond motifs is 1. The van der Waals surface area contributed by atoms with Gasteiger partial charge < -0.3 is 4.74 Å². The number of carbonyl (C=O) groups is 1. The van der Waals surface area contributed by atoms with Gasteiger partial charge in [-0.3, -0.25) is 4.98 Å². The van der Waals surface area contributed by atoms with Crippen LogP contribution in [0.3, 0.4) is 0 Å². The molecule has 23 heavy (non-hydrogen) atoms. The third-order valence-electron chi connectivity index (χ3n) is 4.21. The van der Waals surface area contributed by atoms with Crippen molar-refractivity contribution in [2.75, 3.05) is 6.61 Å². The Morgan fingerprint density at radius 3 is 2.87 bits per heavy atom. The average molecular weight is 313 g/mol. The van der Waals surface area contributed by atoms with E-state index in [0.717, 1.165) is 36.9 Å². The summed E-state index contributed by atoms with van der Waals surface area (Å²) >= 11 is 0. The van der Waals surface area contributed by atoms with Gasteiger partial charge in [-0.1, -0.05) is 37.6 Å². The van der Waals surface area contributed by atoms with Crippen molar-refractivity contribution in [1.29, 1.82) is 0 Å². The summed E-state index contributed by atoms with van der Waals surface area (Å²) in [5, 5.41) is 0. The van der Waals surface area contributed by atoms with Crippen molar-refractivity contribution in [3.8, 4) is 0 Å². The van der Waals surface area contributed by atoms with Gasteiger partial charge in [0.15, 0.2) is 0 Å². The Hall–Kier alpha value is -1.90. The molecule has 3 nitrogen and oxygen atoms in total. The fraction of sp³-hybridized carbons (Fsp3) is 0.500. The molecule has 0 radical (unpaired) electrons. The van der Waals surface area contributed by atoms with Gasteiger partial charge in [0.05, 0.1) is 12.2 Å². The minimum Gasteiger partial charge on any atom is -0.462 e. The van der Waals surface area contributed by atoms with Crippen LogP contribution < -0.4 is 0 Å². The molecule has 0 saturated carbocycles. The van der Waals surface area contributed by atoms with Crippen LogP contribution in [0.25, 0.3) is 0 Å². The Bertz CT molecular complexity index is 627. The van der Waals surface area contributed by atoms with Crippen LogP contribution in [0, 0.1) is 5.41 Å². The van der Waals surface area contributed by atoms with E-state index in [1.165, 1.54) is 5.57 Å². The molecular formula is C20H27NO2. The minimum absolute atomic E-state index is 0.151. The first kappa shape index (κ1) is 17.5. The fourth-order valence-corrected chi connectivity index (χ4v) is 2.69. The van der Waals surface area contributed by atoms with Gasteiger partial charge in [-0.15, -0.1) is 0 Å². The highest BCUT2D eigenvalue weighted by Gasteiger charge is 2.15. The molecule has 0 aliphatic heterocycles. The molecule has 3 heteroatoms. The van der Waals surface area contributed by atoms with Gasteiger partial charge >= 0.3 is 5.97 Å². The summed E-state index contributed by atoms with van der Waals surface area (Å²) in [5.74, 6) is -0.294. The molecule has 124 valence electrons. The highest BCUT2D eigenvalue weighted by atomic mass is 16.5. The fourth-order valence-electron chi connectivity index (χ4n) is 2.69. The Kier molecular flexibility index (Phi) is 5.75. The van der Waals surface area contributed by atoms with E-state index in [-0.39, 0.29) is 11.4 Å². The molecule has 0 unspecified atom stereocenters. The van der Waals surface area contributed by atoms with E-state index in [4.69, 9.17) is 4.74 Å². The smallest absolute Gasteiger partial charge is 0.339 e. The largest absolute Gasteiger partial charge is 0.462 e. The maximum atomic E-state index is 11.9. The van der Waals surface area contributed by atoms with E-state index < -0.39 is 0 Å². The maximum absolute atomic E-state index is 11.9. The molecule has 0 atom stereocenters. The van der Waals surface area contributed by atoms with Crippen molar-refractivity contribution in [2.24, 2.45) is 5.41 Å². The molecule has 0 fully saturated rings. The molecule has 0 amide bonds. The monoisotopic (exact) mass is 313 g/mol. The number of hydrogen-bond donors (Lipinski definition) is 0. The summed E-state index contributed by atoms with van der Waals surface area (Å²) in [5.41, 5.74) is 4.29. The van der Waals surface area contributed by atoms with Crippen molar-refractivity contribution < 1.29 is 9.53 Å². The molecule has 1 heterocycles. The zero-order valence-electron chi connectivity index (χ0n) is 14.7. The topological polar surface area (TPSA) is 39.2 Å². The summed E-state index contributed by atoms with van der Waals surface area (Å²) in [6.07, 6.45) is 12.2. The first-order chi connectivity index (χ1) is 10.9. The summed E-state index contributed by atoms with van der Waals surface area (Å²) in [6.45, 7) is 8.88. The van der Waals surface area contributed by atoms with Crippen LogP contribution in [0.15, 0.2) is 36.1 Å². The lowest BCUT2D eigenvalue weighted by Crippen LogP contribution is -2.08. The number of aryl methyl sites for hydroxylation is 1. The molecular weight excluding hydrogens is 286 g/mol. The van der Waals surface area contributed by atoms with Crippen molar-refractivity contribution in [1.82, 2.24) is 4.98 Å². The summed E-state index contributed by atoms with van der Waals surface area (Å²) in [4.78, 5) is 16.5. The lowest BCUT2D eigenvalue weighted by Gasteiger charge is -2.18. The van der Waals surface area contributed by atoms with Crippen molar-refractivity contribution in [3.63, 3.8) is 0 Å². The lowest BCUT2D eigenvalue weighted by molar-refractivity contribution is 0.0525. The summed E-state index contributed by atoms with van der Waals surface area (Å²) in [7, 11) is 0. The molecule has 2 rings (SSSR count). The Morgan fingerprint density at radius 1 is 1.35 bits per heavy atom.